The Morgan fingerprint density at radius 2 is 2.10 bits per heavy atom. The van der Waals surface area contributed by atoms with Crippen molar-refractivity contribution in [2.24, 2.45) is 11.7 Å². The average molecular weight is 289 g/mol. The fraction of sp³-hybridized carbons (Fsp3) is 0.500. The molecule has 5 nitrogen and oxygen atoms in total. The van der Waals surface area contributed by atoms with E-state index >= 15 is 0 Å². The van der Waals surface area contributed by atoms with E-state index in [2.05, 4.69) is 5.32 Å². The highest BCUT2D eigenvalue weighted by Crippen LogP contribution is 2.27. The maximum Gasteiger partial charge on any atom is 0.246 e. The van der Waals surface area contributed by atoms with Crippen LogP contribution in [0.4, 0.5) is 5.69 Å². The van der Waals surface area contributed by atoms with Crippen LogP contribution in [-0.4, -0.2) is 30.9 Å². The summed E-state index contributed by atoms with van der Waals surface area (Å²) in [6, 6.07) is 7.29. The Morgan fingerprint density at radius 3 is 2.81 bits per heavy atom. The Kier molecular flexibility index (Phi) is 4.96. The zero-order valence-electron chi connectivity index (χ0n) is 12.6. The second-order valence-corrected chi connectivity index (χ2v) is 5.55. The third kappa shape index (κ3) is 3.42. The molecule has 114 valence electrons. The van der Waals surface area contributed by atoms with Crippen LogP contribution in [0, 0.1) is 5.92 Å². The van der Waals surface area contributed by atoms with Crippen molar-refractivity contribution in [1.82, 2.24) is 5.32 Å². The molecule has 0 bridgehead atoms. The first-order valence-electron chi connectivity index (χ1n) is 7.46. The fourth-order valence-electron chi connectivity index (χ4n) is 2.49. The van der Waals surface area contributed by atoms with Gasteiger partial charge in [-0.1, -0.05) is 38.5 Å². The zero-order valence-corrected chi connectivity index (χ0v) is 12.6. The third-order valence-corrected chi connectivity index (χ3v) is 4.16. The largest absolute Gasteiger partial charge is 0.346 e. The number of para-hydroxylation sites is 1. The van der Waals surface area contributed by atoms with Crippen LogP contribution >= 0.6 is 0 Å². The van der Waals surface area contributed by atoms with E-state index < -0.39 is 6.04 Å². The summed E-state index contributed by atoms with van der Waals surface area (Å²) in [5.74, 6) is -0.248. The minimum atomic E-state index is -0.561. The van der Waals surface area contributed by atoms with Gasteiger partial charge in [-0.2, -0.15) is 0 Å². The fourth-order valence-corrected chi connectivity index (χ4v) is 2.49. The van der Waals surface area contributed by atoms with E-state index in [1.807, 2.05) is 38.1 Å². The molecule has 1 aromatic carbocycles. The molecule has 5 heteroatoms. The van der Waals surface area contributed by atoms with E-state index in [0.717, 1.165) is 18.5 Å². The standard InChI is InChI=1S/C16H23N3O2/c1-3-11(2)15(17)16(21)18-10-14(20)19-9-8-12-6-4-5-7-13(12)19/h4-7,11,15H,3,8-10,17H2,1-2H3,(H,18,21). The van der Waals surface area contributed by atoms with Crippen molar-refractivity contribution in [2.75, 3.05) is 18.0 Å². The molecule has 0 aromatic heterocycles. The monoisotopic (exact) mass is 289 g/mol. The van der Waals surface area contributed by atoms with Crippen molar-refractivity contribution < 1.29 is 9.59 Å². The molecule has 0 saturated carbocycles. The molecule has 0 saturated heterocycles. The molecule has 1 aliphatic heterocycles. The normalized spacial score (nSPS) is 16.2. The van der Waals surface area contributed by atoms with Gasteiger partial charge in [0.15, 0.2) is 0 Å². The smallest absolute Gasteiger partial charge is 0.246 e. The first-order valence-corrected chi connectivity index (χ1v) is 7.46. The van der Waals surface area contributed by atoms with E-state index in [0.29, 0.717) is 6.54 Å². The summed E-state index contributed by atoms with van der Waals surface area (Å²) in [4.78, 5) is 25.9. The highest BCUT2D eigenvalue weighted by molar-refractivity contribution is 5.98. The number of nitrogens with zero attached hydrogens (tertiary/aromatic N) is 1. The zero-order chi connectivity index (χ0) is 15.4. The van der Waals surface area contributed by atoms with Gasteiger partial charge in [0.05, 0.1) is 12.6 Å². The van der Waals surface area contributed by atoms with Gasteiger partial charge in [-0.15, -0.1) is 0 Å². The molecule has 0 aliphatic carbocycles. The predicted molar refractivity (Wildman–Crippen MR) is 82.9 cm³/mol. The summed E-state index contributed by atoms with van der Waals surface area (Å²) in [5, 5.41) is 2.65. The van der Waals surface area contributed by atoms with Gasteiger partial charge >= 0.3 is 0 Å². The van der Waals surface area contributed by atoms with Crippen molar-refractivity contribution in [1.29, 1.82) is 0 Å². The molecule has 2 atom stereocenters. The summed E-state index contributed by atoms with van der Waals surface area (Å²) in [7, 11) is 0. The minimum absolute atomic E-state index is 0.00268. The van der Waals surface area contributed by atoms with E-state index in [4.69, 9.17) is 5.73 Å². The van der Waals surface area contributed by atoms with Gasteiger partial charge in [0, 0.05) is 12.2 Å². The van der Waals surface area contributed by atoms with E-state index in [1.165, 1.54) is 5.56 Å². The molecule has 1 heterocycles. The Labute approximate surface area is 125 Å². The number of rotatable bonds is 5. The van der Waals surface area contributed by atoms with Crippen LogP contribution < -0.4 is 16.0 Å². The van der Waals surface area contributed by atoms with Crippen LogP contribution in [0.25, 0.3) is 0 Å². The highest BCUT2D eigenvalue weighted by Gasteiger charge is 2.25. The molecular formula is C16H23N3O2. The number of amides is 2. The summed E-state index contributed by atoms with van der Waals surface area (Å²) in [5.41, 5.74) is 7.97. The van der Waals surface area contributed by atoms with Crippen LogP contribution in [0.5, 0.6) is 0 Å². The Bertz CT molecular complexity index is 530. The molecule has 2 rings (SSSR count). The maximum absolute atomic E-state index is 12.2. The van der Waals surface area contributed by atoms with Gasteiger partial charge in [-0.3, -0.25) is 9.59 Å². The third-order valence-electron chi connectivity index (χ3n) is 4.16. The van der Waals surface area contributed by atoms with Crippen LogP contribution in [0.3, 0.4) is 0 Å². The van der Waals surface area contributed by atoms with Crippen LogP contribution in [0.15, 0.2) is 24.3 Å². The van der Waals surface area contributed by atoms with Gasteiger partial charge in [0.25, 0.3) is 0 Å². The summed E-state index contributed by atoms with van der Waals surface area (Å²) in [6.07, 6.45) is 1.70. The van der Waals surface area contributed by atoms with Crippen molar-refractivity contribution >= 4 is 17.5 Å². The maximum atomic E-state index is 12.2. The lowest BCUT2D eigenvalue weighted by Crippen LogP contribution is -2.48. The van der Waals surface area contributed by atoms with Crippen molar-refractivity contribution in [3.8, 4) is 0 Å². The summed E-state index contributed by atoms with van der Waals surface area (Å²) >= 11 is 0. The Balaban J connectivity index is 1.90. The Morgan fingerprint density at radius 1 is 1.38 bits per heavy atom. The van der Waals surface area contributed by atoms with Gasteiger partial charge in [-0.25, -0.2) is 0 Å². The highest BCUT2D eigenvalue weighted by atomic mass is 16.2. The summed E-state index contributed by atoms with van der Waals surface area (Å²) < 4.78 is 0. The number of hydrogen-bond acceptors (Lipinski definition) is 3. The lowest BCUT2D eigenvalue weighted by atomic mass is 9.99. The molecule has 21 heavy (non-hydrogen) atoms. The number of carbonyl (C=O) groups excluding carboxylic acids is 2. The number of carbonyl (C=O) groups is 2. The predicted octanol–water partition coefficient (Wildman–Crippen LogP) is 1.07. The molecule has 1 aromatic rings. The summed E-state index contributed by atoms with van der Waals surface area (Å²) in [6.45, 7) is 4.59. The van der Waals surface area contributed by atoms with Crippen molar-refractivity contribution in [3.05, 3.63) is 29.8 Å². The molecule has 0 fully saturated rings. The molecule has 1 aliphatic rings. The first-order chi connectivity index (χ1) is 10.0. The van der Waals surface area contributed by atoms with Crippen molar-refractivity contribution in [2.45, 2.75) is 32.7 Å². The van der Waals surface area contributed by atoms with Crippen LogP contribution in [0.2, 0.25) is 0 Å². The van der Waals surface area contributed by atoms with Crippen LogP contribution in [0.1, 0.15) is 25.8 Å². The number of anilines is 1. The lowest BCUT2D eigenvalue weighted by molar-refractivity contribution is -0.126. The molecule has 2 amide bonds. The topological polar surface area (TPSA) is 75.4 Å². The number of fused-ring (bicyclic) bond motifs is 1. The minimum Gasteiger partial charge on any atom is -0.346 e. The average Bonchev–Trinajstić information content (AvgIpc) is 2.94. The van der Waals surface area contributed by atoms with E-state index in [-0.39, 0.29) is 24.3 Å². The Hall–Kier alpha value is -1.88. The second-order valence-electron chi connectivity index (χ2n) is 5.55. The van der Waals surface area contributed by atoms with Crippen LogP contribution in [-0.2, 0) is 16.0 Å². The SMILES string of the molecule is CCC(C)C(N)C(=O)NCC(=O)N1CCc2ccccc21. The lowest BCUT2D eigenvalue weighted by Gasteiger charge is -2.20. The van der Waals surface area contributed by atoms with Gasteiger partial charge < -0.3 is 16.0 Å². The van der Waals surface area contributed by atoms with Gasteiger partial charge in [0.1, 0.15) is 0 Å². The quantitative estimate of drug-likeness (QED) is 0.851. The molecule has 3 N–H and O–H groups in total. The second kappa shape index (κ2) is 6.72. The molecule has 2 unspecified atom stereocenters. The first kappa shape index (κ1) is 15.5. The number of nitrogens with one attached hydrogen (secondary N) is 1. The van der Waals surface area contributed by atoms with Crippen molar-refractivity contribution in [3.63, 3.8) is 0 Å². The molecule has 0 radical (unpaired) electrons. The van der Waals surface area contributed by atoms with E-state index in [1.54, 1.807) is 4.90 Å². The number of hydrogen-bond donors (Lipinski definition) is 2. The van der Waals surface area contributed by atoms with Gasteiger partial charge in [0.2, 0.25) is 11.8 Å². The van der Waals surface area contributed by atoms with E-state index in [9.17, 15) is 9.59 Å². The molecule has 0 spiro atoms. The number of nitrogens with two attached hydrogens (primary N) is 1. The van der Waals surface area contributed by atoms with Gasteiger partial charge in [-0.05, 0) is 24.0 Å². The molecular weight excluding hydrogens is 266 g/mol. The number of benzene rings is 1.